The maximum Gasteiger partial charge on any atom is 0.251 e. The first-order valence-electron chi connectivity index (χ1n) is 4.23. The molecule has 0 fully saturated rings. The number of hydrogen-bond donors (Lipinski definition) is 3. The standard InChI is InChI=1S/C9H9F2N3O2/c10-5-1-4(2-6(11)8(5)13)9(16)14-3-7(12)15/h1-2H,3,13H2,(H2,12,15)(H,14,16). The van der Waals surface area contributed by atoms with Crippen LogP contribution in [0.25, 0.3) is 0 Å². The highest BCUT2D eigenvalue weighted by Crippen LogP contribution is 2.16. The number of carbonyl (C=O) groups excluding carboxylic acids is 2. The molecule has 0 heterocycles. The van der Waals surface area contributed by atoms with E-state index in [1.807, 2.05) is 0 Å². The second-order valence-electron chi connectivity index (χ2n) is 3.00. The quantitative estimate of drug-likeness (QED) is 0.624. The van der Waals surface area contributed by atoms with E-state index >= 15 is 0 Å². The number of nitrogens with two attached hydrogens (primary N) is 2. The third kappa shape index (κ3) is 2.66. The maximum atomic E-state index is 13.0. The summed E-state index contributed by atoms with van der Waals surface area (Å²) in [7, 11) is 0. The lowest BCUT2D eigenvalue weighted by atomic mass is 10.1. The van der Waals surface area contributed by atoms with Gasteiger partial charge in [0.2, 0.25) is 5.91 Å². The van der Waals surface area contributed by atoms with Crippen molar-refractivity contribution in [1.82, 2.24) is 5.32 Å². The number of amides is 2. The van der Waals surface area contributed by atoms with Crippen molar-refractivity contribution < 1.29 is 18.4 Å². The fourth-order valence-electron chi connectivity index (χ4n) is 0.985. The topological polar surface area (TPSA) is 98.2 Å². The molecule has 0 aliphatic carbocycles. The fraction of sp³-hybridized carbons (Fsp3) is 0.111. The largest absolute Gasteiger partial charge is 0.394 e. The van der Waals surface area contributed by atoms with E-state index in [-0.39, 0.29) is 5.56 Å². The molecule has 86 valence electrons. The first kappa shape index (κ1) is 11.9. The highest BCUT2D eigenvalue weighted by atomic mass is 19.1. The van der Waals surface area contributed by atoms with Gasteiger partial charge in [0.05, 0.1) is 6.54 Å². The molecule has 1 aromatic rings. The van der Waals surface area contributed by atoms with Crippen LogP contribution in [0.3, 0.4) is 0 Å². The molecular weight excluding hydrogens is 220 g/mol. The predicted octanol–water partition coefficient (Wildman–Crippen LogP) is -0.238. The second kappa shape index (κ2) is 4.56. The van der Waals surface area contributed by atoms with E-state index < -0.39 is 35.7 Å². The molecule has 1 aromatic carbocycles. The number of nitrogens with one attached hydrogen (secondary N) is 1. The Hall–Kier alpha value is -2.18. The van der Waals surface area contributed by atoms with Crippen molar-refractivity contribution in [3.63, 3.8) is 0 Å². The number of hydrogen-bond acceptors (Lipinski definition) is 3. The molecule has 2 amide bonds. The van der Waals surface area contributed by atoms with Gasteiger partial charge < -0.3 is 16.8 Å². The highest BCUT2D eigenvalue weighted by Gasteiger charge is 2.13. The minimum absolute atomic E-state index is 0.273. The Morgan fingerprint density at radius 1 is 1.25 bits per heavy atom. The Morgan fingerprint density at radius 2 is 1.75 bits per heavy atom. The van der Waals surface area contributed by atoms with E-state index in [9.17, 15) is 18.4 Å². The van der Waals surface area contributed by atoms with Crippen LogP contribution in [0.1, 0.15) is 10.4 Å². The monoisotopic (exact) mass is 229 g/mol. The highest BCUT2D eigenvalue weighted by molar-refractivity contribution is 5.96. The van der Waals surface area contributed by atoms with E-state index in [1.54, 1.807) is 0 Å². The normalized spacial score (nSPS) is 9.88. The van der Waals surface area contributed by atoms with Crippen molar-refractivity contribution in [2.75, 3.05) is 12.3 Å². The van der Waals surface area contributed by atoms with E-state index in [0.29, 0.717) is 0 Å². The molecule has 16 heavy (non-hydrogen) atoms. The summed E-state index contributed by atoms with van der Waals surface area (Å²) in [5, 5.41) is 2.08. The smallest absolute Gasteiger partial charge is 0.251 e. The minimum atomic E-state index is -1.04. The van der Waals surface area contributed by atoms with Gasteiger partial charge in [0, 0.05) is 5.56 Å². The van der Waals surface area contributed by atoms with Gasteiger partial charge in [-0.1, -0.05) is 0 Å². The minimum Gasteiger partial charge on any atom is -0.394 e. The summed E-state index contributed by atoms with van der Waals surface area (Å²) in [5.41, 5.74) is 8.86. The first-order valence-corrected chi connectivity index (χ1v) is 4.23. The average Bonchev–Trinajstić information content (AvgIpc) is 2.21. The number of benzene rings is 1. The molecule has 0 bridgehead atoms. The summed E-state index contributed by atoms with van der Waals surface area (Å²) >= 11 is 0. The Kier molecular flexibility index (Phi) is 3.39. The molecule has 0 spiro atoms. The van der Waals surface area contributed by atoms with Crippen LogP contribution in [0.4, 0.5) is 14.5 Å². The number of carbonyl (C=O) groups is 2. The third-order valence-corrected chi connectivity index (χ3v) is 1.76. The van der Waals surface area contributed by atoms with Gasteiger partial charge in [-0.05, 0) is 12.1 Å². The molecular formula is C9H9F2N3O2. The van der Waals surface area contributed by atoms with Crippen molar-refractivity contribution in [1.29, 1.82) is 0 Å². The van der Waals surface area contributed by atoms with Crippen molar-refractivity contribution in [3.8, 4) is 0 Å². The molecule has 0 aliphatic rings. The second-order valence-corrected chi connectivity index (χ2v) is 3.00. The van der Waals surface area contributed by atoms with Crippen molar-refractivity contribution >= 4 is 17.5 Å². The molecule has 7 heteroatoms. The lowest BCUT2D eigenvalue weighted by Gasteiger charge is -2.05. The van der Waals surface area contributed by atoms with Crippen molar-refractivity contribution in [2.45, 2.75) is 0 Å². The van der Waals surface area contributed by atoms with Crippen LogP contribution in [0, 0.1) is 11.6 Å². The summed E-state index contributed by atoms with van der Waals surface area (Å²) in [6.45, 7) is -0.410. The van der Waals surface area contributed by atoms with Crippen molar-refractivity contribution in [3.05, 3.63) is 29.3 Å². The Labute approximate surface area is 89.4 Å². The Balaban J connectivity index is 2.88. The van der Waals surface area contributed by atoms with Crippen LogP contribution < -0.4 is 16.8 Å². The maximum absolute atomic E-state index is 13.0. The SMILES string of the molecule is NC(=O)CNC(=O)c1cc(F)c(N)c(F)c1. The van der Waals surface area contributed by atoms with Gasteiger partial charge in [0.25, 0.3) is 5.91 Å². The van der Waals surface area contributed by atoms with Crippen LogP contribution >= 0.6 is 0 Å². The first-order chi connectivity index (χ1) is 7.41. The van der Waals surface area contributed by atoms with E-state index in [1.165, 1.54) is 0 Å². The van der Waals surface area contributed by atoms with E-state index in [0.717, 1.165) is 12.1 Å². The molecule has 0 saturated heterocycles. The number of rotatable bonds is 3. The summed E-state index contributed by atoms with van der Waals surface area (Å²) < 4.78 is 25.9. The number of nitrogen functional groups attached to an aromatic ring is 1. The molecule has 0 saturated carbocycles. The van der Waals surface area contributed by atoms with Gasteiger partial charge in [-0.3, -0.25) is 9.59 Å². The molecule has 0 atom stereocenters. The van der Waals surface area contributed by atoms with Crippen LogP contribution in [-0.2, 0) is 4.79 Å². The van der Waals surface area contributed by atoms with Gasteiger partial charge in [-0.2, -0.15) is 0 Å². The molecule has 1 rings (SSSR count). The average molecular weight is 229 g/mol. The van der Waals surface area contributed by atoms with E-state index in [4.69, 9.17) is 11.5 Å². The zero-order chi connectivity index (χ0) is 12.3. The Bertz CT molecular complexity index is 425. The Morgan fingerprint density at radius 3 is 2.19 bits per heavy atom. The number of primary amides is 1. The number of anilines is 1. The summed E-state index contributed by atoms with van der Waals surface area (Å²) in [6.07, 6.45) is 0. The summed E-state index contributed by atoms with van der Waals surface area (Å²) in [5.74, 6) is -3.64. The van der Waals surface area contributed by atoms with Gasteiger partial charge in [-0.15, -0.1) is 0 Å². The van der Waals surface area contributed by atoms with E-state index in [2.05, 4.69) is 5.32 Å². The molecule has 0 aliphatic heterocycles. The summed E-state index contributed by atoms with van der Waals surface area (Å²) in [6, 6.07) is 1.55. The van der Waals surface area contributed by atoms with Gasteiger partial charge in [0.15, 0.2) is 0 Å². The summed E-state index contributed by atoms with van der Waals surface area (Å²) in [4.78, 5) is 21.6. The number of halogens is 2. The fourth-order valence-corrected chi connectivity index (χ4v) is 0.985. The molecule has 5 nitrogen and oxygen atoms in total. The lowest BCUT2D eigenvalue weighted by Crippen LogP contribution is -2.33. The zero-order valence-corrected chi connectivity index (χ0v) is 8.09. The van der Waals surface area contributed by atoms with Crippen LogP contribution in [0.15, 0.2) is 12.1 Å². The lowest BCUT2D eigenvalue weighted by molar-refractivity contribution is -0.117. The van der Waals surface area contributed by atoms with Gasteiger partial charge >= 0.3 is 0 Å². The molecule has 0 aromatic heterocycles. The molecule has 0 unspecified atom stereocenters. The molecule has 5 N–H and O–H groups in total. The molecule has 0 radical (unpaired) electrons. The van der Waals surface area contributed by atoms with Crippen LogP contribution in [-0.4, -0.2) is 18.4 Å². The van der Waals surface area contributed by atoms with Crippen LogP contribution in [0.2, 0.25) is 0 Å². The predicted molar refractivity (Wildman–Crippen MR) is 52.3 cm³/mol. The van der Waals surface area contributed by atoms with Gasteiger partial charge in [0.1, 0.15) is 17.3 Å². The van der Waals surface area contributed by atoms with Gasteiger partial charge in [-0.25, -0.2) is 8.78 Å². The van der Waals surface area contributed by atoms with Crippen molar-refractivity contribution in [2.24, 2.45) is 5.73 Å². The van der Waals surface area contributed by atoms with Crippen LogP contribution in [0.5, 0.6) is 0 Å². The third-order valence-electron chi connectivity index (χ3n) is 1.76. The zero-order valence-electron chi connectivity index (χ0n) is 8.09.